The molecule has 1 aliphatic heterocycles. The third-order valence-electron chi connectivity index (χ3n) is 3.62. The van der Waals surface area contributed by atoms with Crippen molar-refractivity contribution >= 4 is 17.5 Å². The van der Waals surface area contributed by atoms with Crippen molar-refractivity contribution in [3.05, 3.63) is 23.8 Å². The van der Waals surface area contributed by atoms with Crippen LogP contribution in [0.5, 0.6) is 11.5 Å². The summed E-state index contributed by atoms with van der Waals surface area (Å²) in [5.74, 6) is 1.54. The summed E-state index contributed by atoms with van der Waals surface area (Å²) in [4.78, 5) is 12.3. The van der Waals surface area contributed by atoms with Gasteiger partial charge in [-0.15, -0.1) is 11.6 Å². The topological polar surface area (TPSA) is 47.6 Å². The van der Waals surface area contributed by atoms with Crippen LogP contribution in [0.3, 0.4) is 0 Å². The SMILES string of the molecule is CCC(CC)(CCl)NC(=O)c1ccc2c(c1)OCO2. The lowest BCUT2D eigenvalue weighted by atomic mass is 9.94. The van der Waals surface area contributed by atoms with Crippen molar-refractivity contribution in [2.45, 2.75) is 32.2 Å². The maximum atomic E-state index is 12.3. The number of benzene rings is 1. The van der Waals surface area contributed by atoms with Crippen LogP contribution in [0.25, 0.3) is 0 Å². The van der Waals surface area contributed by atoms with Crippen LogP contribution < -0.4 is 14.8 Å². The van der Waals surface area contributed by atoms with Crippen LogP contribution in [0, 0.1) is 0 Å². The van der Waals surface area contributed by atoms with E-state index in [0.717, 1.165) is 12.8 Å². The van der Waals surface area contributed by atoms with Gasteiger partial charge < -0.3 is 14.8 Å². The molecule has 0 fully saturated rings. The Morgan fingerprint density at radius 2 is 2.00 bits per heavy atom. The zero-order chi connectivity index (χ0) is 13.9. The molecule has 4 nitrogen and oxygen atoms in total. The molecule has 1 aromatic carbocycles. The Labute approximate surface area is 118 Å². The number of fused-ring (bicyclic) bond motifs is 1. The van der Waals surface area contributed by atoms with Gasteiger partial charge in [-0.2, -0.15) is 0 Å². The molecule has 0 unspecified atom stereocenters. The van der Waals surface area contributed by atoms with E-state index in [2.05, 4.69) is 5.32 Å². The monoisotopic (exact) mass is 283 g/mol. The minimum absolute atomic E-state index is 0.136. The van der Waals surface area contributed by atoms with E-state index in [1.165, 1.54) is 0 Å². The lowest BCUT2D eigenvalue weighted by Gasteiger charge is -2.30. The Balaban J connectivity index is 2.16. The molecule has 0 saturated carbocycles. The van der Waals surface area contributed by atoms with Gasteiger partial charge in [-0.1, -0.05) is 13.8 Å². The number of ether oxygens (including phenoxy) is 2. The van der Waals surface area contributed by atoms with E-state index in [1.54, 1.807) is 18.2 Å². The third-order valence-corrected chi connectivity index (χ3v) is 4.13. The van der Waals surface area contributed by atoms with Crippen LogP contribution in [0.1, 0.15) is 37.0 Å². The van der Waals surface area contributed by atoms with Crippen molar-refractivity contribution in [2.75, 3.05) is 12.7 Å². The molecule has 1 aliphatic rings. The van der Waals surface area contributed by atoms with Gasteiger partial charge in [0.2, 0.25) is 6.79 Å². The molecule has 0 aliphatic carbocycles. The molecule has 0 aromatic heterocycles. The number of hydrogen-bond donors (Lipinski definition) is 1. The summed E-state index contributed by atoms with van der Waals surface area (Å²) in [6.07, 6.45) is 1.59. The minimum atomic E-state index is -0.352. The number of nitrogens with one attached hydrogen (secondary N) is 1. The number of halogens is 1. The van der Waals surface area contributed by atoms with Crippen LogP contribution in [-0.2, 0) is 0 Å². The highest BCUT2D eigenvalue weighted by Crippen LogP contribution is 2.32. The van der Waals surface area contributed by atoms with Crippen molar-refractivity contribution in [2.24, 2.45) is 0 Å². The highest BCUT2D eigenvalue weighted by atomic mass is 35.5. The molecular weight excluding hydrogens is 266 g/mol. The number of carbonyl (C=O) groups excluding carboxylic acids is 1. The van der Waals surface area contributed by atoms with Crippen LogP contribution in [-0.4, -0.2) is 24.1 Å². The first-order chi connectivity index (χ1) is 9.14. The van der Waals surface area contributed by atoms with Gasteiger partial charge in [-0.25, -0.2) is 0 Å². The lowest BCUT2D eigenvalue weighted by molar-refractivity contribution is 0.0902. The molecule has 0 spiro atoms. The second-order valence-electron chi connectivity index (χ2n) is 4.64. The van der Waals surface area contributed by atoms with Crippen molar-refractivity contribution in [3.63, 3.8) is 0 Å². The smallest absolute Gasteiger partial charge is 0.251 e. The number of hydrogen-bond acceptors (Lipinski definition) is 3. The van der Waals surface area contributed by atoms with E-state index in [9.17, 15) is 4.79 Å². The highest BCUT2D eigenvalue weighted by Gasteiger charge is 2.28. The first-order valence-corrected chi connectivity index (χ1v) is 6.95. The highest BCUT2D eigenvalue weighted by molar-refractivity contribution is 6.19. The molecule has 1 N–H and O–H groups in total. The fourth-order valence-electron chi connectivity index (χ4n) is 2.00. The molecule has 104 valence electrons. The molecule has 0 atom stereocenters. The summed E-state index contributed by atoms with van der Waals surface area (Å²) in [5.41, 5.74) is 0.204. The predicted molar refractivity (Wildman–Crippen MR) is 74.1 cm³/mol. The van der Waals surface area contributed by atoms with Crippen LogP contribution in [0.2, 0.25) is 0 Å². The summed E-state index contributed by atoms with van der Waals surface area (Å²) >= 11 is 5.99. The quantitative estimate of drug-likeness (QED) is 0.845. The maximum absolute atomic E-state index is 12.3. The number of carbonyl (C=O) groups is 1. The van der Waals surface area contributed by atoms with E-state index in [-0.39, 0.29) is 18.2 Å². The summed E-state index contributed by atoms with van der Waals surface area (Å²) in [6, 6.07) is 5.17. The Morgan fingerprint density at radius 3 is 2.63 bits per heavy atom. The summed E-state index contributed by atoms with van der Waals surface area (Å²) in [6.45, 7) is 4.24. The second-order valence-corrected chi connectivity index (χ2v) is 4.91. The molecule has 1 aromatic rings. The van der Waals surface area contributed by atoms with E-state index in [0.29, 0.717) is 22.9 Å². The van der Waals surface area contributed by atoms with Crippen molar-refractivity contribution in [1.82, 2.24) is 5.32 Å². The first kappa shape index (κ1) is 14.0. The average molecular weight is 284 g/mol. The minimum Gasteiger partial charge on any atom is -0.454 e. The molecule has 1 heterocycles. The van der Waals surface area contributed by atoms with Crippen molar-refractivity contribution < 1.29 is 14.3 Å². The third kappa shape index (κ3) is 2.78. The average Bonchev–Trinajstić information content (AvgIpc) is 2.92. The number of rotatable bonds is 5. The molecule has 19 heavy (non-hydrogen) atoms. The van der Waals surface area contributed by atoms with Gasteiger partial charge in [0.25, 0.3) is 5.91 Å². The van der Waals surface area contributed by atoms with Crippen LogP contribution >= 0.6 is 11.6 Å². The zero-order valence-electron chi connectivity index (χ0n) is 11.2. The Hall–Kier alpha value is -1.42. The van der Waals surface area contributed by atoms with Gasteiger partial charge in [-0.05, 0) is 31.0 Å². The van der Waals surface area contributed by atoms with Crippen LogP contribution in [0.15, 0.2) is 18.2 Å². The van der Waals surface area contributed by atoms with Gasteiger partial charge in [-0.3, -0.25) is 4.79 Å². The standard InChI is InChI=1S/C14H18ClNO3/c1-3-14(4-2,8-15)16-13(17)10-5-6-11-12(7-10)19-9-18-11/h5-7H,3-4,8-9H2,1-2H3,(H,16,17). The van der Waals surface area contributed by atoms with Gasteiger partial charge in [0, 0.05) is 11.4 Å². The normalized spacial score (nSPS) is 13.4. The zero-order valence-corrected chi connectivity index (χ0v) is 11.9. The van der Waals surface area contributed by atoms with Gasteiger partial charge >= 0.3 is 0 Å². The van der Waals surface area contributed by atoms with Crippen LogP contribution in [0.4, 0.5) is 0 Å². The lowest BCUT2D eigenvalue weighted by Crippen LogP contribution is -2.49. The van der Waals surface area contributed by atoms with E-state index in [1.807, 2.05) is 13.8 Å². The number of amides is 1. The van der Waals surface area contributed by atoms with Crippen molar-refractivity contribution in [1.29, 1.82) is 0 Å². The Kier molecular flexibility index (Phi) is 4.20. The largest absolute Gasteiger partial charge is 0.454 e. The molecule has 5 heteroatoms. The summed E-state index contributed by atoms with van der Waals surface area (Å²) in [7, 11) is 0. The Morgan fingerprint density at radius 1 is 1.32 bits per heavy atom. The summed E-state index contributed by atoms with van der Waals surface area (Å²) in [5, 5.41) is 3.02. The summed E-state index contributed by atoms with van der Waals surface area (Å²) < 4.78 is 10.5. The molecule has 2 rings (SSSR count). The molecule has 0 radical (unpaired) electrons. The predicted octanol–water partition coefficient (Wildman–Crippen LogP) is 2.94. The fourth-order valence-corrected chi connectivity index (χ4v) is 2.44. The molecule has 1 amide bonds. The van der Waals surface area contributed by atoms with E-state index in [4.69, 9.17) is 21.1 Å². The van der Waals surface area contributed by atoms with Gasteiger partial charge in [0.1, 0.15) is 0 Å². The van der Waals surface area contributed by atoms with E-state index >= 15 is 0 Å². The Bertz CT molecular complexity index is 463. The molecule has 0 saturated heterocycles. The van der Waals surface area contributed by atoms with Crippen molar-refractivity contribution in [3.8, 4) is 11.5 Å². The first-order valence-electron chi connectivity index (χ1n) is 6.42. The van der Waals surface area contributed by atoms with Gasteiger partial charge in [0.15, 0.2) is 11.5 Å². The second kappa shape index (κ2) is 5.70. The van der Waals surface area contributed by atoms with Gasteiger partial charge in [0.05, 0.1) is 5.54 Å². The molecular formula is C14H18ClNO3. The number of alkyl halides is 1. The van der Waals surface area contributed by atoms with E-state index < -0.39 is 0 Å². The maximum Gasteiger partial charge on any atom is 0.251 e. The molecule has 0 bridgehead atoms. The fraction of sp³-hybridized carbons (Fsp3) is 0.500.